The summed E-state index contributed by atoms with van der Waals surface area (Å²) >= 11 is 0. The number of aromatic amines is 1. The number of nitriles is 1. The van der Waals surface area contributed by atoms with Crippen LogP contribution >= 0.6 is 0 Å². The van der Waals surface area contributed by atoms with Crippen LogP contribution in [0.2, 0.25) is 0 Å². The number of likely N-dealkylation sites (tertiary alicyclic amines) is 1. The Bertz CT molecular complexity index is 996. The Labute approximate surface area is 150 Å². The number of fused-ring (bicyclic) bond motifs is 3. The summed E-state index contributed by atoms with van der Waals surface area (Å²) in [6.07, 6.45) is 5.25. The van der Waals surface area contributed by atoms with E-state index in [1.807, 2.05) is 12.3 Å². The molecule has 3 aromatic rings. The number of H-pyrrole nitrogens is 1. The number of aromatic nitrogens is 5. The van der Waals surface area contributed by atoms with Crippen molar-refractivity contribution in [2.75, 3.05) is 26.3 Å². The molecular weight excluding hydrogens is 330 g/mol. The number of hydrogen-bond acceptors (Lipinski definition) is 6. The van der Waals surface area contributed by atoms with E-state index in [-0.39, 0.29) is 11.5 Å². The summed E-state index contributed by atoms with van der Waals surface area (Å²) in [6, 6.07) is 4.37. The van der Waals surface area contributed by atoms with Crippen LogP contribution in [0, 0.1) is 17.2 Å². The molecule has 0 aliphatic carbocycles. The highest BCUT2D eigenvalue weighted by Gasteiger charge is 2.49. The Balaban J connectivity index is 1.56. The minimum atomic E-state index is -0.123. The highest BCUT2D eigenvalue weighted by molar-refractivity contribution is 5.74. The Kier molecular flexibility index (Phi) is 3.48. The predicted molar refractivity (Wildman–Crippen MR) is 94.5 cm³/mol. The van der Waals surface area contributed by atoms with E-state index >= 15 is 0 Å². The first-order chi connectivity index (χ1) is 12.8. The van der Waals surface area contributed by atoms with Gasteiger partial charge in [-0.1, -0.05) is 13.3 Å². The molecule has 0 amide bonds. The fraction of sp³-hybridized carbons (Fsp3) is 0.556. The van der Waals surface area contributed by atoms with Crippen molar-refractivity contribution in [3.05, 3.63) is 24.3 Å². The van der Waals surface area contributed by atoms with Crippen molar-refractivity contribution in [1.82, 2.24) is 29.5 Å². The Morgan fingerprint density at radius 2 is 2.27 bits per heavy atom. The van der Waals surface area contributed by atoms with Crippen molar-refractivity contribution in [2.45, 2.75) is 31.2 Å². The molecule has 26 heavy (non-hydrogen) atoms. The molecule has 2 aliphatic heterocycles. The van der Waals surface area contributed by atoms with Gasteiger partial charge in [-0.3, -0.25) is 9.30 Å². The SMILES string of the molecule is CC[C@H]1CN(C2(CC#N)COC2)CC1c1nnc2cnc3[nH]ccc3n12. The van der Waals surface area contributed by atoms with Gasteiger partial charge in [0.25, 0.3) is 0 Å². The van der Waals surface area contributed by atoms with Gasteiger partial charge in [0.05, 0.1) is 43.0 Å². The summed E-state index contributed by atoms with van der Waals surface area (Å²) < 4.78 is 7.61. The molecule has 2 saturated heterocycles. The second-order valence-electron chi connectivity index (χ2n) is 7.45. The lowest BCUT2D eigenvalue weighted by Gasteiger charge is -2.47. The third kappa shape index (κ3) is 2.11. The highest BCUT2D eigenvalue weighted by atomic mass is 16.5. The van der Waals surface area contributed by atoms with Crippen LogP contribution in [-0.4, -0.2) is 61.3 Å². The lowest BCUT2D eigenvalue weighted by molar-refractivity contribution is -0.132. The molecule has 0 bridgehead atoms. The molecule has 134 valence electrons. The van der Waals surface area contributed by atoms with Gasteiger partial charge in [-0.25, -0.2) is 4.98 Å². The summed E-state index contributed by atoms with van der Waals surface area (Å²) in [5.41, 5.74) is 2.51. The summed E-state index contributed by atoms with van der Waals surface area (Å²) in [5.74, 6) is 1.76. The molecule has 5 heterocycles. The minimum absolute atomic E-state index is 0.123. The van der Waals surface area contributed by atoms with E-state index in [1.165, 1.54) is 0 Å². The fourth-order valence-corrected chi connectivity index (χ4v) is 4.48. The maximum Gasteiger partial charge on any atom is 0.179 e. The van der Waals surface area contributed by atoms with Crippen molar-refractivity contribution in [2.24, 2.45) is 5.92 Å². The smallest absolute Gasteiger partial charge is 0.179 e. The highest BCUT2D eigenvalue weighted by Crippen LogP contribution is 2.41. The quantitative estimate of drug-likeness (QED) is 0.769. The first kappa shape index (κ1) is 15.7. The zero-order valence-electron chi connectivity index (χ0n) is 14.7. The summed E-state index contributed by atoms with van der Waals surface area (Å²) in [5, 5.41) is 18.2. The predicted octanol–water partition coefficient (Wildman–Crippen LogP) is 1.71. The van der Waals surface area contributed by atoms with Crippen LogP contribution in [0.1, 0.15) is 31.5 Å². The lowest BCUT2D eigenvalue weighted by atomic mass is 9.91. The number of ether oxygens (including phenoxy) is 1. The molecule has 8 nitrogen and oxygen atoms in total. The van der Waals surface area contributed by atoms with Gasteiger partial charge in [-0.2, -0.15) is 5.26 Å². The first-order valence-corrected chi connectivity index (χ1v) is 9.12. The molecule has 0 radical (unpaired) electrons. The number of nitrogens with zero attached hydrogens (tertiary/aromatic N) is 6. The zero-order chi connectivity index (χ0) is 17.7. The van der Waals surface area contributed by atoms with Crippen molar-refractivity contribution in [3.63, 3.8) is 0 Å². The summed E-state index contributed by atoms with van der Waals surface area (Å²) in [6.45, 7) is 5.39. The van der Waals surface area contributed by atoms with Gasteiger partial charge in [-0.15, -0.1) is 10.2 Å². The largest absolute Gasteiger partial charge is 0.377 e. The molecule has 0 aromatic carbocycles. The van der Waals surface area contributed by atoms with Gasteiger partial charge in [0.2, 0.25) is 0 Å². The molecular formula is C18H21N7O. The van der Waals surface area contributed by atoms with Crippen molar-refractivity contribution in [1.29, 1.82) is 5.26 Å². The van der Waals surface area contributed by atoms with Crippen LogP contribution in [0.25, 0.3) is 16.8 Å². The fourth-order valence-electron chi connectivity index (χ4n) is 4.48. The van der Waals surface area contributed by atoms with Crippen molar-refractivity contribution >= 4 is 16.8 Å². The molecule has 2 fully saturated rings. The van der Waals surface area contributed by atoms with Gasteiger partial charge < -0.3 is 9.72 Å². The van der Waals surface area contributed by atoms with Crippen LogP contribution in [0.4, 0.5) is 0 Å². The van der Waals surface area contributed by atoms with Gasteiger partial charge >= 0.3 is 0 Å². The van der Waals surface area contributed by atoms with E-state index in [9.17, 15) is 5.26 Å². The van der Waals surface area contributed by atoms with Crippen LogP contribution in [0.3, 0.4) is 0 Å². The number of nitrogens with one attached hydrogen (secondary N) is 1. The van der Waals surface area contributed by atoms with Gasteiger partial charge in [0, 0.05) is 25.2 Å². The third-order valence-electron chi connectivity index (χ3n) is 6.08. The topological polar surface area (TPSA) is 95.1 Å². The molecule has 0 spiro atoms. The summed E-state index contributed by atoms with van der Waals surface area (Å²) in [7, 11) is 0. The molecule has 2 atom stereocenters. The molecule has 5 rings (SSSR count). The first-order valence-electron chi connectivity index (χ1n) is 9.12. The average Bonchev–Trinajstić information content (AvgIpc) is 3.32. The molecule has 8 heteroatoms. The van der Waals surface area contributed by atoms with Crippen molar-refractivity contribution in [3.8, 4) is 6.07 Å². The van der Waals surface area contributed by atoms with E-state index in [0.29, 0.717) is 25.6 Å². The normalized spacial score (nSPS) is 25.5. The van der Waals surface area contributed by atoms with E-state index in [1.54, 1.807) is 6.20 Å². The molecule has 2 aliphatic rings. The third-order valence-corrected chi connectivity index (χ3v) is 6.08. The molecule has 0 saturated carbocycles. The van der Waals surface area contributed by atoms with E-state index in [2.05, 4.69) is 42.5 Å². The van der Waals surface area contributed by atoms with Gasteiger partial charge in [-0.05, 0) is 12.0 Å². The lowest BCUT2D eigenvalue weighted by Crippen LogP contribution is -2.61. The minimum Gasteiger partial charge on any atom is -0.377 e. The second kappa shape index (κ2) is 5.76. The maximum absolute atomic E-state index is 9.27. The molecule has 1 N–H and O–H groups in total. The van der Waals surface area contributed by atoms with Crippen LogP contribution < -0.4 is 0 Å². The zero-order valence-corrected chi connectivity index (χ0v) is 14.7. The summed E-state index contributed by atoms with van der Waals surface area (Å²) in [4.78, 5) is 10.0. The molecule has 3 aromatic heterocycles. The van der Waals surface area contributed by atoms with E-state index in [0.717, 1.165) is 42.1 Å². The second-order valence-corrected chi connectivity index (χ2v) is 7.45. The number of hydrogen-bond donors (Lipinski definition) is 1. The van der Waals surface area contributed by atoms with Crippen LogP contribution in [0.5, 0.6) is 0 Å². The Morgan fingerprint density at radius 3 is 3.00 bits per heavy atom. The van der Waals surface area contributed by atoms with E-state index in [4.69, 9.17) is 4.74 Å². The van der Waals surface area contributed by atoms with Crippen LogP contribution in [0.15, 0.2) is 18.5 Å². The Morgan fingerprint density at radius 1 is 1.38 bits per heavy atom. The van der Waals surface area contributed by atoms with Gasteiger partial charge in [0.1, 0.15) is 5.82 Å². The Hall–Kier alpha value is -2.50. The standard InChI is InChI=1S/C18H21N7O/c1-2-12-8-24(18(4-5-19)10-26-11-18)9-13(12)17-23-22-15-7-21-16-14(25(15)17)3-6-20-16/h3,6-7,12-13,20H,2,4,8-11H2,1H3/t12-,13?/m0/s1. The number of rotatable bonds is 4. The van der Waals surface area contributed by atoms with E-state index < -0.39 is 0 Å². The molecule has 1 unspecified atom stereocenters. The maximum atomic E-state index is 9.27. The van der Waals surface area contributed by atoms with Gasteiger partial charge in [0.15, 0.2) is 11.3 Å². The monoisotopic (exact) mass is 351 g/mol. The van der Waals surface area contributed by atoms with Crippen LogP contribution in [-0.2, 0) is 4.74 Å². The average molecular weight is 351 g/mol. The van der Waals surface area contributed by atoms with Crippen molar-refractivity contribution < 1.29 is 4.74 Å².